The standard InChI is InChI=1S/C16H17NO4/c1-2-17-16(15(20)21,11-7-3-5-9-13(11)18)12-8-4-6-10-14(12)19/h3-10,17-19H,2H2,1H3,(H,20,21). The second-order valence-corrected chi connectivity index (χ2v) is 4.62. The molecule has 0 fully saturated rings. The van der Waals surface area contributed by atoms with Gasteiger partial charge in [0.25, 0.3) is 0 Å². The van der Waals surface area contributed by atoms with Crippen molar-refractivity contribution >= 4 is 5.97 Å². The number of aliphatic carboxylic acids is 1. The Kier molecular flexibility index (Phi) is 4.14. The average molecular weight is 287 g/mol. The summed E-state index contributed by atoms with van der Waals surface area (Å²) >= 11 is 0. The van der Waals surface area contributed by atoms with Crippen LogP contribution in [0, 0.1) is 0 Å². The Morgan fingerprint density at radius 3 is 1.76 bits per heavy atom. The van der Waals surface area contributed by atoms with Crippen LogP contribution in [0.2, 0.25) is 0 Å². The number of nitrogens with one attached hydrogen (secondary N) is 1. The number of carboxylic acids is 1. The number of aromatic hydroxyl groups is 2. The van der Waals surface area contributed by atoms with Crippen molar-refractivity contribution in [3.8, 4) is 11.5 Å². The molecular formula is C16H17NO4. The normalized spacial score (nSPS) is 11.3. The Balaban J connectivity index is 2.80. The fraction of sp³-hybridized carbons (Fsp3) is 0.188. The average Bonchev–Trinajstić information content (AvgIpc) is 2.46. The summed E-state index contributed by atoms with van der Waals surface area (Å²) in [6, 6.07) is 12.4. The van der Waals surface area contributed by atoms with Gasteiger partial charge in [0.1, 0.15) is 11.5 Å². The van der Waals surface area contributed by atoms with E-state index >= 15 is 0 Å². The lowest BCUT2D eigenvalue weighted by Gasteiger charge is -2.32. The molecule has 0 heterocycles. The van der Waals surface area contributed by atoms with Gasteiger partial charge in [-0.25, -0.2) is 4.79 Å². The molecule has 110 valence electrons. The van der Waals surface area contributed by atoms with Crippen molar-refractivity contribution in [2.45, 2.75) is 12.5 Å². The zero-order chi connectivity index (χ0) is 15.5. The Labute approximate surface area is 122 Å². The second-order valence-electron chi connectivity index (χ2n) is 4.62. The van der Waals surface area contributed by atoms with E-state index in [1.807, 2.05) is 0 Å². The lowest BCUT2D eigenvalue weighted by Crippen LogP contribution is -2.50. The Hall–Kier alpha value is -2.53. The molecule has 21 heavy (non-hydrogen) atoms. The molecule has 0 spiro atoms. The van der Waals surface area contributed by atoms with E-state index in [-0.39, 0.29) is 22.6 Å². The quantitative estimate of drug-likeness (QED) is 0.675. The number of para-hydroxylation sites is 2. The maximum absolute atomic E-state index is 12.0. The third-order valence-electron chi connectivity index (χ3n) is 3.38. The molecule has 0 aliphatic carbocycles. The summed E-state index contributed by atoms with van der Waals surface area (Å²) in [5, 5.41) is 32.9. The highest BCUT2D eigenvalue weighted by molar-refractivity contribution is 5.87. The molecule has 5 heteroatoms. The van der Waals surface area contributed by atoms with Crippen LogP contribution < -0.4 is 5.32 Å². The van der Waals surface area contributed by atoms with Crippen LogP contribution in [0.4, 0.5) is 0 Å². The van der Waals surface area contributed by atoms with Crippen LogP contribution in [0.25, 0.3) is 0 Å². The van der Waals surface area contributed by atoms with Gasteiger partial charge >= 0.3 is 5.97 Å². The Bertz CT molecular complexity index is 609. The van der Waals surface area contributed by atoms with Crippen molar-refractivity contribution in [3.63, 3.8) is 0 Å². The van der Waals surface area contributed by atoms with E-state index in [1.165, 1.54) is 24.3 Å². The van der Waals surface area contributed by atoms with Gasteiger partial charge in [-0.3, -0.25) is 5.32 Å². The number of hydrogen-bond acceptors (Lipinski definition) is 4. The van der Waals surface area contributed by atoms with Gasteiger partial charge in [-0.1, -0.05) is 43.3 Å². The minimum absolute atomic E-state index is 0.149. The number of carbonyl (C=O) groups is 1. The minimum atomic E-state index is -1.72. The van der Waals surface area contributed by atoms with Gasteiger partial charge in [0, 0.05) is 11.1 Å². The molecule has 0 aliphatic heterocycles. The van der Waals surface area contributed by atoms with Crippen molar-refractivity contribution in [1.82, 2.24) is 5.32 Å². The fourth-order valence-corrected chi connectivity index (χ4v) is 2.49. The van der Waals surface area contributed by atoms with Crippen molar-refractivity contribution < 1.29 is 20.1 Å². The number of phenolic OH excluding ortho intramolecular Hbond substituents is 2. The monoisotopic (exact) mass is 287 g/mol. The van der Waals surface area contributed by atoms with Crippen molar-refractivity contribution in [2.75, 3.05) is 6.54 Å². The smallest absolute Gasteiger partial charge is 0.333 e. The summed E-state index contributed by atoms with van der Waals surface area (Å²) in [4.78, 5) is 12.0. The van der Waals surface area contributed by atoms with E-state index in [4.69, 9.17) is 0 Å². The first kappa shape index (κ1) is 14.9. The van der Waals surface area contributed by atoms with Crippen LogP contribution in [0.15, 0.2) is 48.5 Å². The maximum Gasteiger partial charge on any atom is 0.333 e. The molecule has 0 saturated heterocycles. The van der Waals surface area contributed by atoms with Gasteiger partial charge in [-0.05, 0) is 18.7 Å². The number of phenols is 2. The summed E-state index contributed by atoms with van der Waals surface area (Å²) in [5.41, 5.74) is -1.35. The van der Waals surface area contributed by atoms with Crippen molar-refractivity contribution in [3.05, 3.63) is 59.7 Å². The highest BCUT2D eigenvalue weighted by atomic mass is 16.4. The van der Waals surface area contributed by atoms with Crippen LogP contribution in [-0.4, -0.2) is 27.8 Å². The summed E-state index contributed by atoms with van der Waals surface area (Å²) in [6.07, 6.45) is 0. The van der Waals surface area contributed by atoms with Crippen LogP contribution in [-0.2, 0) is 10.3 Å². The lowest BCUT2D eigenvalue weighted by molar-refractivity contribution is -0.143. The van der Waals surface area contributed by atoms with Crippen LogP contribution >= 0.6 is 0 Å². The van der Waals surface area contributed by atoms with E-state index in [0.717, 1.165) is 0 Å². The molecule has 0 radical (unpaired) electrons. The van der Waals surface area contributed by atoms with E-state index in [0.29, 0.717) is 6.54 Å². The molecular weight excluding hydrogens is 270 g/mol. The van der Waals surface area contributed by atoms with Crippen LogP contribution in [0.5, 0.6) is 11.5 Å². The maximum atomic E-state index is 12.0. The number of benzene rings is 2. The Morgan fingerprint density at radius 2 is 1.43 bits per heavy atom. The van der Waals surface area contributed by atoms with E-state index in [2.05, 4.69) is 5.32 Å². The first-order valence-electron chi connectivity index (χ1n) is 6.59. The van der Waals surface area contributed by atoms with Crippen LogP contribution in [0.1, 0.15) is 18.1 Å². The van der Waals surface area contributed by atoms with E-state index < -0.39 is 11.5 Å². The number of rotatable bonds is 5. The molecule has 2 aromatic rings. The topological polar surface area (TPSA) is 89.8 Å². The number of hydrogen-bond donors (Lipinski definition) is 4. The fourth-order valence-electron chi connectivity index (χ4n) is 2.49. The minimum Gasteiger partial charge on any atom is -0.508 e. The summed E-state index contributed by atoms with van der Waals surface area (Å²) in [6.45, 7) is 2.10. The van der Waals surface area contributed by atoms with Gasteiger partial charge in [-0.2, -0.15) is 0 Å². The molecule has 2 aromatic carbocycles. The van der Waals surface area contributed by atoms with Gasteiger partial charge in [0.2, 0.25) is 0 Å². The predicted molar refractivity (Wildman–Crippen MR) is 78.3 cm³/mol. The first-order valence-corrected chi connectivity index (χ1v) is 6.59. The molecule has 0 saturated carbocycles. The molecule has 0 bridgehead atoms. The zero-order valence-electron chi connectivity index (χ0n) is 11.6. The van der Waals surface area contributed by atoms with Gasteiger partial charge in [0.05, 0.1) is 0 Å². The molecule has 0 amide bonds. The zero-order valence-corrected chi connectivity index (χ0v) is 11.6. The Morgan fingerprint density at radius 1 is 1.00 bits per heavy atom. The molecule has 0 atom stereocenters. The molecule has 0 aliphatic rings. The summed E-state index contributed by atoms with van der Waals surface area (Å²) in [5.74, 6) is -1.50. The number of carboxylic acid groups (broad SMARTS) is 1. The predicted octanol–water partition coefficient (Wildman–Crippen LogP) is 2.04. The molecule has 4 N–H and O–H groups in total. The number of likely N-dealkylation sites (N-methyl/N-ethyl adjacent to an activating group) is 1. The second kappa shape index (κ2) is 5.85. The SMILES string of the molecule is CCNC(C(=O)O)(c1ccccc1O)c1ccccc1O. The highest BCUT2D eigenvalue weighted by Gasteiger charge is 2.45. The molecule has 0 unspecified atom stereocenters. The summed E-state index contributed by atoms with van der Waals surface area (Å²) < 4.78 is 0. The highest BCUT2D eigenvalue weighted by Crippen LogP contribution is 2.39. The largest absolute Gasteiger partial charge is 0.508 e. The van der Waals surface area contributed by atoms with E-state index in [9.17, 15) is 20.1 Å². The summed E-state index contributed by atoms with van der Waals surface area (Å²) in [7, 11) is 0. The van der Waals surface area contributed by atoms with Gasteiger partial charge < -0.3 is 15.3 Å². The third kappa shape index (κ3) is 2.43. The third-order valence-corrected chi connectivity index (χ3v) is 3.38. The van der Waals surface area contributed by atoms with Crippen LogP contribution in [0.3, 0.4) is 0 Å². The van der Waals surface area contributed by atoms with Crippen molar-refractivity contribution in [1.29, 1.82) is 0 Å². The van der Waals surface area contributed by atoms with Gasteiger partial charge in [0.15, 0.2) is 5.54 Å². The molecule has 2 rings (SSSR count). The van der Waals surface area contributed by atoms with Gasteiger partial charge in [-0.15, -0.1) is 0 Å². The first-order chi connectivity index (χ1) is 10.0. The van der Waals surface area contributed by atoms with E-state index in [1.54, 1.807) is 31.2 Å². The van der Waals surface area contributed by atoms with Crippen molar-refractivity contribution in [2.24, 2.45) is 0 Å². The lowest BCUT2D eigenvalue weighted by atomic mass is 9.81. The molecule has 0 aromatic heterocycles. The molecule has 5 nitrogen and oxygen atoms in total.